The van der Waals surface area contributed by atoms with Crippen molar-refractivity contribution in [1.82, 2.24) is 15.1 Å². The van der Waals surface area contributed by atoms with Gasteiger partial charge in [0.15, 0.2) is 0 Å². The normalized spacial score (nSPS) is 18.4. The molecule has 3 rings (SSSR count). The number of nitrogens with one attached hydrogen (secondary N) is 1. The monoisotopic (exact) mass is 343 g/mol. The van der Waals surface area contributed by atoms with Crippen molar-refractivity contribution in [3.05, 3.63) is 35.4 Å². The van der Waals surface area contributed by atoms with Crippen molar-refractivity contribution < 1.29 is 14.4 Å². The fourth-order valence-corrected chi connectivity index (χ4v) is 3.61. The van der Waals surface area contributed by atoms with E-state index in [4.69, 9.17) is 0 Å². The van der Waals surface area contributed by atoms with E-state index in [1.54, 1.807) is 0 Å². The summed E-state index contributed by atoms with van der Waals surface area (Å²) in [7, 11) is 0. The van der Waals surface area contributed by atoms with E-state index in [0.717, 1.165) is 41.7 Å². The minimum atomic E-state index is -0.466. The Morgan fingerprint density at radius 2 is 1.96 bits per heavy atom. The number of imide groups is 1. The molecule has 0 aromatic heterocycles. The van der Waals surface area contributed by atoms with Gasteiger partial charge in [0.2, 0.25) is 11.8 Å². The van der Waals surface area contributed by atoms with E-state index in [0.29, 0.717) is 13.1 Å². The number of hydrogen-bond donors (Lipinski definition) is 1. The summed E-state index contributed by atoms with van der Waals surface area (Å²) in [6.07, 6.45) is 4.45. The lowest BCUT2D eigenvalue weighted by Crippen LogP contribution is -2.54. The predicted octanol–water partition coefficient (Wildman–Crippen LogP) is 2.21. The predicted molar refractivity (Wildman–Crippen MR) is 93.7 cm³/mol. The molecule has 1 aliphatic heterocycles. The third-order valence-corrected chi connectivity index (χ3v) is 5.14. The Kier molecular flexibility index (Phi) is 5.36. The van der Waals surface area contributed by atoms with Crippen LogP contribution in [0, 0.1) is 6.92 Å². The first-order valence-corrected chi connectivity index (χ1v) is 8.98. The van der Waals surface area contributed by atoms with Crippen molar-refractivity contribution in [2.75, 3.05) is 13.1 Å². The highest BCUT2D eigenvalue weighted by Gasteiger charge is 2.32. The number of urea groups is 1. The molecule has 0 atom stereocenters. The zero-order valence-electron chi connectivity index (χ0n) is 14.7. The Balaban J connectivity index is 1.76. The van der Waals surface area contributed by atoms with Gasteiger partial charge >= 0.3 is 6.03 Å². The summed E-state index contributed by atoms with van der Waals surface area (Å²) in [5.41, 5.74) is 2.25. The molecule has 1 aromatic carbocycles. The van der Waals surface area contributed by atoms with Crippen LogP contribution in [0.5, 0.6) is 0 Å². The van der Waals surface area contributed by atoms with Crippen LogP contribution in [-0.2, 0) is 16.1 Å². The summed E-state index contributed by atoms with van der Waals surface area (Å²) in [4.78, 5) is 39.8. The Morgan fingerprint density at radius 1 is 1.24 bits per heavy atom. The Morgan fingerprint density at radius 3 is 2.64 bits per heavy atom. The number of rotatable bonds is 5. The minimum absolute atomic E-state index is 0.152. The Hall–Kier alpha value is -2.37. The van der Waals surface area contributed by atoms with E-state index in [-0.39, 0.29) is 30.8 Å². The van der Waals surface area contributed by atoms with Crippen LogP contribution in [0.4, 0.5) is 4.79 Å². The van der Waals surface area contributed by atoms with Crippen molar-refractivity contribution in [2.45, 2.75) is 51.6 Å². The van der Waals surface area contributed by atoms with E-state index >= 15 is 0 Å². The zero-order chi connectivity index (χ0) is 17.8. The number of hydrogen-bond acceptors (Lipinski definition) is 3. The van der Waals surface area contributed by atoms with Gasteiger partial charge in [0.1, 0.15) is 6.54 Å². The molecule has 1 saturated heterocycles. The van der Waals surface area contributed by atoms with Crippen molar-refractivity contribution in [2.24, 2.45) is 0 Å². The summed E-state index contributed by atoms with van der Waals surface area (Å²) < 4.78 is 0. The molecule has 1 heterocycles. The van der Waals surface area contributed by atoms with Crippen LogP contribution < -0.4 is 5.32 Å². The largest absolute Gasteiger partial charge is 0.337 e. The molecule has 0 spiro atoms. The summed E-state index contributed by atoms with van der Waals surface area (Å²) in [5.74, 6) is -0.431. The van der Waals surface area contributed by atoms with Gasteiger partial charge in [-0.1, -0.05) is 37.1 Å². The molecule has 134 valence electrons. The van der Waals surface area contributed by atoms with Crippen molar-refractivity contribution in [1.29, 1.82) is 0 Å². The number of nitrogens with zero attached hydrogens (tertiary/aromatic N) is 2. The van der Waals surface area contributed by atoms with Crippen LogP contribution in [-0.4, -0.2) is 46.8 Å². The molecule has 1 saturated carbocycles. The number of benzene rings is 1. The molecule has 6 heteroatoms. The van der Waals surface area contributed by atoms with Gasteiger partial charge in [0, 0.05) is 25.6 Å². The molecular formula is C19H25N3O3. The highest BCUT2D eigenvalue weighted by Crippen LogP contribution is 2.26. The second kappa shape index (κ2) is 7.68. The fraction of sp³-hybridized carbons (Fsp3) is 0.526. The molecular weight excluding hydrogens is 318 g/mol. The van der Waals surface area contributed by atoms with E-state index in [2.05, 4.69) is 5.32 Å². The first-order chi connectivity index (χ1) is 12.1. The highest BCUT2D eigenvalue weighted by atomic mass is 16.2. The lowest BCUT2D eigenvalue weighted by molar-refractivity contribution is -0.140. The van der Waals surface area contributed by atoms with E-state index in [1.165, 1.54) is 0 Å². The van der Waals surface area contributed by atoms with Crippen LogP contribution in [0.25, 0.3) is 0 Å². The summed E-state index contributed by atoms with van der Waals surface area (Å²) in [5, 5.41) is 2.63. The highest BCUT2D eigenvalue weighted by molar-refractivity contribution is 6.00. The van der Waals surface area contributed by atoms with Gasteiger partial charge in [-0.05, 0) is 30.9 Å². The average Bonchev–Trinajstić information content (AvgIpc) is 3.11. The first kappa shape index (κ1) is 17.5. The summed E-state index contributed by atoms with van der Waals surface area (Å²) >= 11 is 0. The van der Waals surface area contributed by atoms with E-state index in [9.17, 15) is 14.4 Å². The van der Waals surface area contributed by atoms with E-state index in [1.807, 2.05) is 36.1 Å². The summed E-state index contributed by atoms with van der Waals surface area (Å²) in [6.45, 7) is 2.74. The average molecular weight is 343 g/mol. The molecule has 4 amide bonds. The number of amides is 4. The number of carbonyl (C=O) groups is 3. The van der Waals surface area contributed by atoms with Crippen LogP contribution in [0.1, 0.15) is 43.2 Å². The maximum atomic E-state index is 13.0. The van der Waals surface area contributed by atoms with Gasteiger partial charge < -0.3 is 10.2 Å². The minimum Gasteiger partial charge on any atom is -0.337 e. The maximum absolute atomic E-state index is 13.0. The Bertz CT molecular complexity index is 652. The zero-order valence-corrected chi connectivity index (χ0v) is 14.7. The Labute approximate surface area is 148 Å². The number of aryl methyl sites for hydroxylation is 1. The molecule has 0 bridgehead atoms. The van der Waals surface area contributed by atoms with Gasteiger partial charge in [0.25, 0.3) is 0 Å². The molecule has 6 nitrogen and oxygen atoms in total. The van der Waals surface area contributed by atoms with Crippen molar-refractivity contribution in [3.63, 3.8) is 0 Å². The second-order valence-corrected chi connectivity index (χ2v) is 6.85. The van der Waals surface area contributed by atoms with Gasteiger partial charge in [0.05, 0.1) is 0 Å². The SMILES string of the molecule is Cc1ccccc1CN(C(=O)CN1C(=O)CCNC1=O)C1CCCC1. The number of carbonyl (C=O) groups excluding carboxylic acids is 3. The molecule has 2 fully saturated rings. The van der Waals surface area contributed by atoms with Crippen LogP contribution in [0.2, 0.25) is 0 Å². The standard InChI is InChI=1S/C19H25N3O3/c1-14-6-2-3-7-15(14)12-21(16-8-4-5-9-16)18(24)13-22-17(23)10-11-20-19(22)25/h2-3,6-7,16H,4-5,8-13H2,1H3,(H,20,25). The molecule has 0 unspecified atom stereocenters. The molecule has 2 aliphatic rings. The van der Waals surface area contributed by atoms with Crippen molar-refractivity contribution >= 4 is 17.8 Å². The third-order valence-electron chi connectivity index (χ3n) is 5.14. The topological polar surface area (TPSA) is 69.7 Å². The smallest absolute Gasteiger partial charge is 0.324 e. The summed E-state index contributed by atoms with van der Waals surface area (Å²) in [6, 6.07) is 7.75. The van der Waals surface area contributed by atoms with Gasteiger partial charge in [-0.25, -0.2) is 4.79 Å². The van der Waals surface area contributed by atoms with Crippen LogP contribution in [0.3, 0.4) is 0 Å². The molecule has 1 aromatic rings. The molecule has 0 radical (unpaired) electrons. The van der Waals surface area contributed by atoms with Gasteiger partial charge in [-0.3, -0.25) is 14.5 Å². The third kappa shape index (κ3) is 4.00. The first-order valence-electron chi connectivity index (χ1n) is 8.98. The van der Waals surface area contributed by atoms with Crippen LogP contribution in [0.15, 0.2) is 24.3 Å². The van der Waals surface area contributed by atoms with Crippen LogP contribution >= 0.6 is 0 Å². The van der Waals surface area contributed by atoms with Gasteiger partial charge in [-0.2, -0.15) is 0 Å². The molecule has 1 N–H and O–H groups in total. The van der Waals surface area contributed by atoms with Crippen molar-refractivity contribution in [3.8, 4) is 0 Å². The molecule has 1 aliphatic carbocycles. The molecule has 25 heavy (non-hydrogen) atoms. The maximum Gasteiger partial charge on any atom is 0.324 e. The fourth-order valence-electron chi connectivity index (χ4n) is 3.61. The lowest BCUT2D eigenvalue weighted by atomic mass is 10.1. The van der Waals surface area contributed by atoms with E-state index < -0.39 is 6.03 Å². The quantitative estimate of drug-likeness (QED) is 0.891. The van der Waals surface area contributed by atoms with Gasteiger partial charge in [-0.15, -0.1) is 0 Å². The lowest BCUT2D eigenvalue weighted by Gasteiger charge is -2.32. The second-order valence-electron chi connectivity index (χ2n) is 6.85.